The number of nitrogens with zero attached hydrogens (tertiary/aromatic N) is 1. The Morgan fingerprint density at radius 1 is 1.28 bits per heavy atom. The van der Waals surface area contributed by atoms with Crippen molar-refractivity contribution in [3.05, 3.63) is 35.4 Å². The Kier molecular flexibility index (Phi) is 6.61. The fourth-order valence-corrected chi connectivity index (χ4v) is 2.47. The highest BCUT2D eigenvalue weighted by Crippen LogP contribution is 2.16. The van der Waals surface area contributed by atoms with E-state index in [0.717, 1.165) is 5.56 Å². The Balaban J connectivity index is 0.000000511. The van der Waals surface area contributed by atoms with Crippen molar-refractivity contribution < 1.29 is 24.0 Å². The summed E-state index contributed by atoms with van der Waals surface area (Å²) in [7, 11) is 0. The van der Waals surface area contributed by atoms with Crippen LogP contribution in [0.5, 0.6) is 0 Å². The number of hydrogen-bond donors (Lipinski definition) is 3. The Morgan fingerprint density at radius 2 is 1.88 bits per heavy atom. The first-order valence-corrected chi connectivity index (χ1v) is 7.83. The molecule has 0 radical (unpaired) electrons. The smallest absolute Gasteiger partial charge is 0.324 e. The van der Waals surface area contributed by atoms with Crippen molar-refractivity contribution in [2.75, 3.05) is 6.54 Å². The van der Waals surface area contributed by atoms with Crippen LogP contribution in [0.2, 0.25) is 0 Å². The Bertz CT molecular complexity index is 648. The minimum absolute atomic E-state index is 0.0845. The number of aldehydes is 1. The molecule has 0 aliphatic carbocycles. The van der Waals surface area contributed by atoms with Gasteiger partial charge in [-0.25, -0.2) is 4.79 Å². The molecular weight excluding hydrogens is 328 g/mol. The van der Waals surface area contributed by atoms with Crippen LogP contribution in [0.1, 0.15) is 24.0 Å². The van der Waals surface area contributed by atoms with Gasteiger partial charge in [-0.2, -0.15) is 0 Å². The fourth-order valence-electron chi connectivity index (χ4n) is 2.47. The van der Waals surface area contributed by atoms with Gasteiger partial charge in [0.15, 0.2) is 0 Å². The molecule has 0 saturated carbocycles. The average Bonchev–Trinajstić information content (AvgIpc) is 2.93. The third-order valence-electron chi connectivity index (χ3n) is 3.65. The number of benzene rings is 1. The summed E-state index contributed by atoms with van der Waals surface area (Å²) in [5.41, 5.74) is 7.00. The number of nitrogens with one attached hydrogen (secondary N) is 2. The molecule has 1 unspecified atom stereocenters. The van der Waals surface area contributed by atoms with E-state index in [0.29, 0.717) is 24.3 Å². The van der Waals surface area contributed by atoms with Crippen LogP contribution in [-0.2, 0) is 32.2 Å². The van der Waals surface area contributed by atoms with Gasteiger partial charge in [-0.3, -0.25) is 14.9 Å². The number of amides is 3. The highest BCUT2D eigenvalue weighted by molar-refractivity contribution is 6.01. The van der Waals surface area contributed by atoms with Crippen molar-refractivity contribution in [2.24, 2.45) is 5.73 Å². The van der Waals surface area contributed by atoms with Gasteiger partial charge in [0.25, 0.3) is 11.8 Å². The number of fused-ring (bicyclic) bond motifs is 1. The Hall–Kier alpha value is -2.78. The number of hydroxylamine groups is 2. The van der Waals surface area contributed by atoms with Gasteiger partial charge < -0.3 is 20.7 Å². The third kappa shape index (κ3) is 5.10. The first kappa shape index (κ1) is 18.6. The highest BCUT2D eigenvalue weighted by atomic mass is 16.7. The minimum atomic E-state index is -0.810. The van der Waals surface area contributed by atoms with Crippen LogP contribution in [0.25, 0.3) is 0 Å². The van der Waals surface area contributed by atoms with Crippen LogP contribution in [0.3, 0.4) is 0 Å². The standard InChI is InChI=1S/C14H15N3O4.C2H5NO/c18-12-5-6-13(19)17(12)21-14(20)16-11-7-9-3-1-2-4-10(9)8-15-11;3-1-2-4/h1-4,11,15H,5-8H2,(H,16,20);2H,1,3H2. The van der Waals surface area contributed by atoms with Crippen LogP contribution >= 0.6 is 0 Å². The van der Waals surface area contributed by atoms with E-state index in [1.807, 2.05) is 24.3 Å². The van der Waals surface area contributed by atoms with Gasteiger partial charge in [0.05, 0.1) is 6.17 Å². The summed E-state index contributed by atoms with van der Waals surface area (Å²) in [4.78, 5) is 48.3. The van der Waals surface area contributed by atoms with Gasteiger partial charge in [-0.15, -0.1) is 5.06 Å². The SMILES string of the molecule is NCC=O.O=C(NC1Cc2ccccc2CN1)ON1C(=O)CCC1=O. The van der Waals surface area contributed by atoms with Gasteiger partial charge in [0.2, 0.25) is 0 Å². The molecular formula is C16H20N4O5. The molecule has 2 heterocycles. The van der Waals surface area contributed by atoms with Crippen molar-refractivity contribution >= 4 is 24.2 Å². The van der Waals surface area contributed by atoms with E-state index >= 15 is 0 Å². The maximum atomic E-state index is 11.8. The first-order chi connectivity index (χ1) is 12.0. The summed E-state index contributed by atoms with van der Waals surface area (Å²) in [5.74, 6) is -0.978. The predicted molar refractivity (Wildman–Crippen MR) is 86.6 cm³/mol. The quantitative estimate of drug-likeness (QED) is 0.500. The first-order valence-electron chi connectivity index (χ1n) is 7.83. The number of hydrogen-bond acceptors (Lipinski definition) is 7. The maximum Gasteiger partial charge on any atom is 0.433 e. The molecule has 1 fully saturated rings. The molecule has 2 aliphatic heterocycles. The topological polar surface area (TPSA) is 131 Å². The summed E-state index contributed by atoms with van der Waals surface area (Å²) in [6.45, 7) is 0.780. The molecule has 4 N–H and O–H groups in total. The fraction of sp³-hybridized carbons (Fsp3) is 0.375. The number of carbonyl (C=O) groups is 4. The molecule has 9 nitrogen and oxygen atoms in total. The summed E-state index contributed by atoms with van der Waals surface area (Å²) in [5, 5.41) is 6.30. The van der Waals surface area contributed by atoms with Gasteiger partial charge in [-0.05, 0) is 11.1 Å². The lowest BCUT2D eigenvalue weighted by Gasteiger charge is -2.26. The number of imide groups is 1. The van der Waals surface area contributed by atoms with Crippen molar-refractivity contribution in [1.29, 1.82) is 0 Å². The van der Waals surface area contributed by atoms with Crippen LogP contribution in [0.4, 0.5) is 4.79 Å². The highest BCUT2D eigenvalue weighted by Gasteiger charge is 2.33. The lowest BCUT2D eigenvalue weighted by molar-refractivity contribution is -0.171. The molecule has 2 aliphatic rings. The van der Waals surface area contributed by atoms with Crippen LogP contribution in [0.15, 0.2) is 24.3 Å². The molecule has 3 amide bonds. The molecule has 9 heteroatoms. The molecule has 0 aromatic heterocycles. The van der Waals surface area contributed by atoms with Crippen LogP contribution in [-0.4, -0.2) is 42.0 Å². The summed E-state index contributed by atoms with van der Waals surface area (Å²) >= 11 is 0. The second kappa shape index (κ2) is 8.90. The summed E-state index contributed by atoms with van der Waals surface area (Å²) in [6.07, 6.45) is 0.339. The van der Waals surface area contributed by atoms with E-state index < -0.39 is 17.9 Å². The van der Waals surface area contributed by atoms with E-state index in [4.69, 9.17) is 9.63 Å². The van der Waals surface area contributed by atoms with E-state index in [2.05, 4.69) is 16.4 Å². The van der Waals surface area contributed by atoms with Crippen LogP contribution < -0.4 is 16.4 Å². The molecule has 1 aromatic carbocycles. The summed E-state index contributed by atoms with van der Waals surface area (Å²) < 4.78 is 0. The van der Waals surface area contributed by atoms with E-state index in [1.54, 1.807) is 0 Å². The van der Waals surface area contributed by atoms with Gasteiger partial charge in [0.1, 0.15) is 6.29 Å². The predicted octanol–water partition coefficient (Wildman–Crippen LogP) is -0.407. The van der Waals surface area contributed by atoms with Crippen molar-refractivity contribution in [1.82, 2.24) is 15.7 Å². The monoisotopic (exact) mass is 348 g/mol. The second-order valence-corrected chi connectivity index (χ2v) is 5.41. The van der Waals surface area contributed by atoms with Gasteiger partial charge in [0, 0.05) is 32.4 Å². The lowest BCUT2D eigenvalue weighted by atomic mass is 9.99. The maximum absolute atomic E-state index is 11.8. The van der Waals surface area contributed by atoms with E-state index in [-0.39, 0.29) is 25.6 Å². The molecule has 1 saturated heterocycles. The minimum Gasteiger partial charge on any atom is -0.324 e. The molecule has 1 atom stereocenters. The molecule has 1 aromatic rings. The van der Waals surface area contributed by atoms with Crippen molar-refractivity contribution in [2.45, 2.75) is 32.0 Å². The van der Waals surface area contributed by atoms with Crippen LogP contribution in [0, 0.1) is 0 Å². The number of carbonyl (C=O) groups excluding carboxylic acids is 4. The Labute approximate surface area is 144 Å². The van der Waals surface area contributed by atoms with Gasteiger partial charge in [-0.1, -0.05) is 24.3 Å². The number of rotatable bonds is 3. The zero-order valence-corrected chi connectivity index (χ0v) is 13.6. The second-order valence-electron chi connectivity index (χ2n) is 5.41. The van der Waals surface area contributed by atoms with E-state index in [1.165, 1.54) is 5.56 Å². The lowest BCUT2D eigenvalue weighted by Crippen LogP contribution is -2.50. The largest absolute Gasteiger partial charge is 0.433 e. The number of nitrogens with two attached hydrogens (primary N) is 1. The average molecular weight is 348 g/mol. The molecule has 25 heavy (non-hydrogen) atoms. The van der Waals surface area contributed by atoms with Crippen molar-refractivity contribution in [3.8, 4) is 0 Å². The molecule has 0 bridgehead atoms. The van der Waals surface area contributed by atoms with Crippen molar-refractivity contribution in [3.63, 3.8) is 0 Å². The van der Waals surface area contributed by atoms with Gasteiger partial charge >= 0.3 is 6.09 Å². The Morgan fingerprint density at radius 3 is 2.48 bits per heavy atom. The molecule has 134 valence electrons. The van der Waals surface area contributed by atoms with E-state index in [9.17, 15) is 14.4 Å². The summed E-state index contributed by atoms with van der Waals surface area (Å²) in [6, 6.07) is 7.94. The zero-order valence-electron chi connectivity index (χ0n) is 13.6. The molecule has 3 rings (SSSR count). The molecule has 0 spiro atoms. The normalized spacial score (nSPS) is 18.8. The zero-order chi connectivity index (χ0) is 18.2. The third-order valence-corrected chi connectivity index (χ3v) is 3.65.